The van der Waals surface area contributed by atoms with Crippen LogP contribution in [0.25, 0.3) is 11.5 Å². The lowest BCUT2D eigenvalue weighted by atomic mass is 10.1. The molecular formula is C22H17ClFN3O2. The predicted octanol–water partition coefficient (Wildman–Crippen LogP) is 5.74. The van der Waals surface area contributed by atoms with E-state index in [2.05, 4.69) is 15.5 Å². The SMILES string of the molecule is COc1ccc(N[C@@H](c2nnc(-c3ccccc3)o2)c2ccccc2F)cc1Cl. The monoisotopic (exact) mass is 409 g/mol. The highest BCUT2D eigenvalue weighted by Gasteiger charge is 2.24. The van der Waals surface area contributed by atoms with Crippen LogP contribution in [0.15, 0.2) is 77.2 Å². The van der Waals surface area contributed by atoms with Crippen molar-refractivity contribution in [2.75, 3.05) is 12.4 Å². The van der Waals surface area contributed by atoms with Gasteiger partial charge in [-0.05, 0) is 36.4 Å². The first-order valence-corrected chi connectivity index (χ1v) is 9.27. The number of nitrogens with one attached hydrogen (secondary N) is 1. The predicted molar refractivity (Wildman–Crippen MR) is 110 cm³/mol. The van der Waals surface area contributed by atoms with Gasteiger partial charge in [-0.15, -0.1) is 10.2 Å². The number of ether oxygens (including phenoxy) is 1. The lowest BCUT2D eigenvalue weighted by molar-refractivity contribution is 0.415. The van der Waals surface area contributed by atoms with Gasteiger partial charge in [0.05, 0.1) is 12.1 Å². The summed E-state index contributed by atoms with van der Waals surface area (Å²) in [6.45, 7) is 0. The molecule has 1 atom stereocenters. The topological polar surface area (TPSA) is 60.2 Å². The fourth-order valence-electron chi connectivity index (χ4n) is 2.95. The van der Waals surface area contributed by atoms with Crippen LogP contribution in [-0.2, 0) is 0 Å². The average Bonchev–Trinajstić information content (AvgIpc) is 3.23. The Bertz CT molecular complexity index is 1120. The molecule has 0 radical (unpaired) electrons. The molecule has 0 unspecified atom stereocenters. The Morgan fingerprint density at radius 1 is 1.00 bits per heavy atom. The van der Waals surface area contributed by atoms with Gasteiger partial charge in [-0.2, -0.15) is 0 Å². The zero-order valence-electron chi connectivity index (χ0n) is 15.5. The van der Waals surface area contributed by atoms with Crippen LogP contribution in [0.5, 0.6) is 5.75 Å². The minimum atomic E-state index is -0.703. The Labute approximate surface area is 172 Å². The van der Waals surface area contributed by atoms with Crippen LogP contribution in [0.4, 0.5) is 10.1 Å². The molecule has 0 bridgehead atoms. The van der Waals surface area contributed by atoms with Crippen LogP contribution in [0.2, 0.25) is 5.02 Å². The number of anilines is 1. The van der Waals surface area contributed by atoms with E-state index in [1.54, 1.807) is 43.5 Å². The number of hydrogen-bond acceptors (Lipinski definition) is 5. The Hall–Kier alpha value is -3.38. The molecule has 0 amide bonds. The molecule has 1 N–H and O–H groups in total. The first-order chi connectivity index (χ1) is 14.2. The van der Waals surface area contributed by atoms with Crippen LogP contribution >= 0.6 is 11.6 Å². The summed E-state index contributed by atoms with van der Waals surface area (Å²) in [7, 11) is 1.54. The maximum atomic E-state index is 14.6. The fourth-order valence-corrected chi connectivity index (χ4v) is 3.21. The molecule has 29 heavy (non-hydrogen) atoms. The van der Waals surface area contributed by atoms with E-state index in [0.717, 1.165) is 5.56 Å². The third kappa shape index (κ3) is 4.07. The van der Waals surface area contributed by atoms with E-state index in [-0.39, 0.29) is 11.7 Å². The van der Waals surface area contributed by atoms with Gasteiger partial charge in [0.25, 0.3) is 0 Å². The van der Waals surface area contributed by atoms with E-state index < -0.39 is 6.04 Å². The lowest BCUT2D eigenvalue weighted by Gasteiger charge is -2.18. The molecule has 5 nitrogen and oxygen atoms in total. The first-order valence-electron chi connectivity index (χ1n) is 8.89. The molecule has 7 heteroatoms. The molecule has 0 aliphatic rings. The van der Waals surface area contributed by atoms with E-state index in [1.165, 1.54) is 6.07 Å². The highest BCUT2D eigenvalue weighted by Crippen LogP contribution is 2.33. The van der Waals surface area contributed by atoms with E-state index >= 15 is 0 Å². The van der Waals surface area contributed by atoms with Gasteiger partial charge in [0, 0.05) is 16.8 Å². The summed E-state index contributed by atoms with van der Waals surface area (Å²) in [6, 6.07) is 20.3. The second kappa shape index (κ2) is 8.32. The van der Waals surface area contributed by atoms with Gasteiger partial charge in [0.2, 0.25) is 11.8 Å². The summed E-state index contributed by atoms with van der Waals surface area (Å²) < 4.78 is 25.6. The summed E-state index contributed by atoms with van der Waals surface area (Å²) >= 11 is 6.23. The smallest absolute Gasteiger partial charge is 0.247 e. The second-order valence-corrected chi connectivity index (χ2v) is 6.67. The van der Waals surface area contributed by atoms with Crippen molar-refractivity contribution < 1.29 is 13.5 Å². The summed E-state index contributed by atoms with van der Waals surface area (Å²) in [5.74, 6) is 0.755. The standard InChI is InChI=1S/C22H17ClFN3O2/c1-28-19-12-11-15(13-17(19)23)25-20(16-9-5-6-10-18(16)24)22-27-26-21(29-22)14-7-3-2-4-8-14/h2-13,20,25H,1H3/t20-/m1/s1. The second-order valence-electron chi connectivity index (χ2n) is 6.26. The van der Waals surface area contributed by atoms with Crippen molar-refractivity contribution >= 4 is 17.3 Å². The highest BCUT2D eigenvalue weighted by molar-refractivity contribution is 6.32. The molecule has 0 fully saturated rings. The molecule has 3 aromatic carbocycles. The van der Waals surface area contributed by atoms with E-state index in [0.29, 0.717) is 27.9 Å². The van der Waals surface area contributed by atoms with Crippen molar-refractivity contribution in [2.45, 2.75) is 6.04 Å². The largest absolute Gasteiger partial charge is 0.495 e. The van der Waals surface area contributed by atoms with Crippen LogP contribution < -0.4 is 10.1 Å². The Morgan fingerprint density at radius 2 is 1.76 bits per heavy atom. The normalized spacial score (nSPS) is 11.8. The Morgan fingerprint density at radius 3 is 2.48 bits per heavy atom. The molecular weight excluding hydrogens is 393 g/mol. The summed E-state index contributed by atoms with van der Waals surface area (Å²) in [5, 5.41) is 11.9. The first kappa shape index (κ1) is 19.0. The number of halogens is 2. The molecule has 0 aliphatic carbocycles. The number of rotatable bonds is 6. The van der Waals surface area contributed by atoms with Gasteiger partial charge in [0.1, 0.15) is 17.6 Å². The molecule has 146 valence electrons. The van der Waals surface area contributed by atoms with Gasteiger partial charge in [-0.1, -0.05) is 48.0 Å². The molecule has 0 saturated heterocycles. The zero-order chi connectivity index (χ0) is 20.2. The Kier molecular flexibility index (Phi) is 5.44. The van der Waals surface area contributed by atoms with Crippen LogP contribution in [0, 0.1) is 5.82 Å². The van der Waals surface area contributed by atoms with E-state index in [4.69, 9.17) is 20.8 Å². The van der Waals surface area contributed by atoms with Crippen LogP contribution in [0.1, 0.15) is 17.5 Å². The van der Waals surface area contributed by atoms with Crippen molar-refractivity contribution in [1.29, 1.82) is 0 Å². The van der Waals surface area contributed by atoms with Crippen molar-refractivity contribution in [3.05, 3.63) is 95.1 Å². The number of nitrogens with zero attached hydrogens (tertiary/aromatic N) is 2. The highest BCUT2D eigenvalue weighted by atomic mass is 35.5. The zero-order valence-corrected chi connectivity index (χ0v) is 16.2. The minimum Gasteiger partial charge on any atom is -0.495 e. The maximum absolute atomic E-state index is 14.6. The lowest BCUT2D eigenvalue weighted by Crippen LogP contribution is -2.14. The molecule has 0 spiro atoms. The third-order valence-electron chi connectivity index (χ3n) is 4.39. The molecule has 0 saturated carbocycles. The molecule has 4 aromatic rings. The minimum absolute atomic E-state index is 0.237. The molecule has 0 aliphatic heterocycles. The van der Waals surface area contributed by atoms with Crippen molar-refractivity contribution in [2.24, 2.45) is 0 Å². The number of aromatic nitrogens is 2. The molecule has 4 rings (SSSR count). The van der Waals surface area contributed by atoms with Gasteiger partial charge in [-0.25, -0.2) is 4.39 Å². The molecule has 1 heterocycles. The number of hydrogen-bond donors (Lipinski definition) is 1. The summed E-state index contributed by atoms with van der Waals surface area (Å²) in [6.07, 6.45) is 0. The van der Waals surface area contributed by atoms with Crippen LogP contribution in [-0.4, -0.2) is 17.3 Å². The Balaban J connectivity index is 1.73. The average molecular weight is 410 g/mol. The van der Waals surface area contributed by atoms with Gasteiger partial charge in [0.15, 0.2) is 0 Å². The van der Waals surface area contributed by atoms with Crippen molar-refractivity contribution in [3.63, 3.8) is 0 Å². The van der Waals surface area contributed by atoms with Crippen LogP contribution in [0.3, 0.4) is 0 Å². The fraction of sp³-hybridized carbons (Fsp3) is 0.0909. The molecule has 1 aromatic heterocycles. The van der Waals surface area contributed by atoms with Gasteiger partial charge in [-0.3, -0.25) is 0 Å². The van der Waals surface area contributed by atoms with Gasteiger partial charge < -0.3 is 14.5 Å². The van der Waals surface area contributed by atoms with E-state index in [9.17, 15) is 4.39 Å². The quantitative estimate of drug-likeness (QED) is 0.440. The van der Waals surface area contributed by atoms with Crippen molar-refractivity contribution in [3.8, 4) is 17.2 Å². The number of methoxy groups -OCH3 is 1. The summed E-state index contributed by atoms with van der Waals surface area (Å²) in [4.78, 5) is 0. The van der Waals surface area contributed by atoms with Crippen molar-refractivity contribution in [1.82, 2.24) is 10.2 Å². The maximum Gasteiger partial charge on any atom is 0.247 e. The number of benzene rings is 3. The van der Waals surface area contributed by atoms with E-state index in [1.807, 2.05) is 30.3 Å². The summed E-state index contributed by atoms with van der Waals surface area (Å²) in [5.41, 5.74) is 1.82. The third-order valence-corrected chi connectivity index (χ3v) is 4.68. The van der Waals surface area contributed by atoms with Gasteiger partial charge >= 0.3 is 0 Å².